The van der Waals surface area contributed by atoms with Crippen molar-refractivity contribution in [3.8, 4) is 5.69 Å². The molecule has 0 aliphatic carbocycles. The Kier molecular flexibility index (Phi) is 4.57. The molecule has 3 aromatic rings. The van der Waals surface area contributed by atoms with E-state index in [1.54, 1.807) is 11.6 Å². The van der Waals surface area contributed by atoms with Gasteiger partial charge in [0.05, 0.1) is 24.4 Å². The molecule has 3 aromatic heterocycles. The standard InChI is InChI=1S/C16H18IN5O2/c1-5-24-14(23)7-12-10(3)22(19-15(12)17)13-6-11-8-21(4)20-16(11)18-9(13)2/h6,8H,5,7H2,1-4H3. The predicted molar refractivity (Wildman–Crippen MR) is 98.2 cm³/mol. The SMILES string of the molecule is CCOC(=O)Cc1c(I)nn(-c2cc3cn(C)nc3nc2C)c1C. The number of aryl methyl sites for hydroxylation is 2. The van der Waals surface area contributed by atoms with Gasteiger partial charge in [0.15, 0.2) is 5.65 Å². The molecule has 0 radical (unpaired) electrons. The number of nitrogens with zero attached hydrogens (tertiary/aromatic N) is 5. The third kappa shape index (κ3) is 3.02. The van der Waals surface area contributed by atoms with E-state index in [1.807, 2.05) is 37.8 Å². The van der Waals surface area contributed by atoms with Crippen molar-refractivity contribution in [3.05, 3.63) is 32.9 Å². The first-order valence-corrected chi connectivity index (χ1v) is 8.69. The molecule has 0 fully saturated rings. The van der Waals surface area contributed by atoms with E-state index in [9.17, 15) is 4.79 Å². The molecule has 0 saturated heterocycles. The van der Waals surface area contributed by atoms with Crippen molar-refractivity contribution in [2.75, 3.05) is 6.61 Å². The van der Waals surface area contributed by atoms with Gasteiger partial charge in [-0.15, -0.1) is 0 Å². The van der Waals surface area contributed by atoms with E-state index >= 15 is 0 Å². The molecule has 0 amide bonds. The van der Waals surface area contributed by atoms with Gasteiger partial charge in [-0.1, -0.05) is 0 Å². The molecule has 0 saturated carbocycles. The lowest BCUT2D eigenvalue weighted by atomic mass is 10.2. The van der Waals surface area contributed by atoms with E-state index in [1.165, 1.54) is 0 Å². The summed E-state index contributed by atoms with van der Waals surface area (Å²) < 4.78 is 9.43. The summed E-state index contributed by atoms with van der Waals surface area (Å²) in [5.74, 6) is -0.240. The van der Waals surface area contributed by atoms with Gasteiger partial charge in [0, 0.05) is 29.9 Å². The Balaban J connectivity index is 2.07. The summed E-state index contributed by atoms with van der Waals surface area (Å²) in [5.41, 5.74) is 4.25. The molecule has 0 atom stereocenters. The van der Waals surface area contributed by atoms with E-state index in [2.05, 4.69) is 37.8 Å². The molecule has 0 aromatic carbocycles. The summed E-state index contributed by atoms with van der Waals surface area (Å²) in [6.07, 6.45) is 2.15. The van der Waals surface area contributed by atoms with Crippen LogP contribution in [0.2, 0.25) is 0 Å². The fourth-order valence-corrected chi connectivity index (χ4v) is 3.45. The molecular formula is C16H18IN5O2. The van der Waals surface area contributed by atoms with Crippen LogP contribution in [0.5, 0.6) is 0 Å². The zero-order valence-corrected chi connectivity index (χ0v) is 16.2. The fraction of sp³-hybridized carbons (Fsp3) is 0.375. The zero-order chi connectivity index (χ0) is 17.4. The molecule has 0 bridgehead atoms. The summed E-state index contributed by atoms with van der Waals surface area (Å²) in [5, 5.41) is 9.88. The highest BCUT2D eigenvalue weighted by Gasteiger charge is 2.19. The summed E-state index contributed by atoms with van der Waals surface area (Å²) in [4.78, 5) is 16.4. The number of pyridine rings is 1. The summed E-state index contributed by atoms with van der Waals surface area (Å²) >= 11 is 2.15. The molecule has 8 heteroatoms. The number of carbonyl (C=O) groups excluding carboxylic acids is 1. The van der Waals surface area contributed by atoms with Gasteiger partial charge in [-0.05, 0) is 49.4 Å². The normalized spacial score (nSPS) is 11.2. The Morgan fingerprint density at radius 2 is 2.08 bits per heavy atom. The van der Waals surface area contributed by atoms with Crippen molar-refractivity contribution < 1.29 is 9.53 Å². The number of hydrogen-bond donors (Lipinski definition) is 0. The smallest absolute Gasteiger partial charge is 0.310 e. The van der Waals surface area contributed by atoms with Crippen LogP contribution in [0.25, 0.3) is 16.7 Å². The molecule has 126 valence electrons. The maximum Gasteiger partial charge on any atom is 0.310 e. The van der Waals surface area contributed by atoms with Crippen LogP contribution in [-0.2, 0) is 23.0 Å². The molecule has 3 rings (SSSR count). The predicted octanol–water partition coefficient (Wildman–Crippen LogP) is 2.48. The zero-order valence-electron chi connectivity index (χ0n) is 14.0. The third-order valence-corrected chi connectivity index (χ3v) is 4.69. The van der Waals surface area contributed by atoms with Crippen LogP contribution in [0, 0.1) is 17.5 Å². The second-order valence-electron chi connectivity index (χ2n) is 5.56. The molecule has 0 N–H and O–H groups in total. The summed E-state index contributed by atoms with van der Waals surface area (Å²) in [7, 11) is 1.87. The Morgan fingerprint density at radius 1 is 1.33 bits per heavy atom. The van der Waals surface area contributed by atoms with Gasteiger partial charge in [0.2, 0.25) is 0 Å². The number of carbonyl (C=O) groups is 1. The Bertz CT molecular complexity index is 928. The Morgan fingerprint density at radius 3 is 2.79 bits per heavy atom. The highest BCUT2D eigenvalue weighted by atomic mass is 127. The van der Waals surface area contributed by atoms with E-state index in [4.69, 9.17) is 4.74 Å². The minimum Gasteiger partial charge on any atom is -0.466 e. The summed E-state index contributed by atoms with van der Waals surface area (Å²) in [6, 6.07) is 2.02. The van der Waals surface area contributed by atoms with Crippen LogP contribution >= 0.6 is 22.6 Å². The van der Waals surface area contributed by atoms with Crippen LogP contribution < -0.4 is 0 Å². The molecule has 3 heterocycles. The largest absolute Gasteiger partial charge is 0.466 e. The van der Waals surface area contributed by atoms with Crippen molar-refractivity contribution in [3.63, 3.8) is 0 Å². The van der Waals surface area contributed by atoms with Crippen LogP contribution in [0.1, 0.15) is 23.9 Å². The van der Waals surface area contributed by atoms with E-state index in [0.29, 0.717) is 12.3 Å². The number of fused-ring (bicyclic) bond motifs is 1. The van der Waals surface area contributed by atoms with Crippen molar-refractivity contribution in [1.29, 1.82) is 0 Å². The first kappa shape index (κ1) is 16.9. The fourth-order valence-electron chi connectivity index (χ4n) is 2.66. The molecular weight excluding hydrogens is 421 g/mol. The average Bonchev–Trinajstić information content (AvgIpc) is 2.99. The monoisotopic (exact) mass is 439 g/mol. The number of halogens is 1. The van der Waals surface area contributed by atoms with Crippen molar-refractivity contribution in [1.82, 2.24) is 24.5 Å². The minimum atomic E-state index is -0.240. The van der Waals surface area contributed by atoms with Gasteiger partial charge < -0.3 is 4.74 Å². The Labute approximate surface area is 153 Å². The van der Waals surface area contributed by atoms with E-state index < -0.39 is 0 Å². The minimum absolute atomic E-state index is 0.222. The molecule has 7 nitrogen and oxygen atoms in total. The summed E-state index contributed by atoms with van der Waals surface area (Å²) in [6.45, 7) is 6.07. The van der Waals surface area contributed by atoms with Gasteiger partial charge in [-0.25, -0.2) is 9.67 Å². The second kappa shape index (κ2) is 6.50. The third-order valence-electron chi connectivity index (χ3n) is 3.82. The molecule has 0 aliphatic rings. The van der Waals surface area contributed by atoms with Crippen LogP contribution in [0.4, 0.5) is 0 Å². The number of ether oxygens (including phenoxy) is 1. The Hall–Kier alpha value is -1.97. The van der Waals surface area contributed by atoms with Gasteiger partial charge in [-0.3, -0.25) is 9.48 Å². The molecule has 0 spiro atoms. The van der Waals surface area contributed by atoms with E-state index in [0.717, 1.165) is 31.7 Å². The highest BCUT2D eigenvalue weighted by molar-refractivity contribution is 14.1. The van der Waals surface area contributed by atoms with Crippen molar-refractivity contribution >= 4 is 39.6 Å². The quantitative estimate of drug-likeness (QED) is 0.462. The van der Waals surface area contributed by atoms with Gasteiger partial charge in [0.25, 0.3) is 0 Å². The molecule has 0 aliphatic heterocycles. The topological polar surface area (TPSA) is 74.8 Å². The maximum atomic E-state index is 11.8. The number of hydrogen-bond acceptors (Lipinski definition) is 5. The number of aromatic nitrogens is 5. The van der Waals surface area contributed by atoms with Crippen LogP contribution in [0.3, 0.4) is 0 Å². The van der Waals surface area contributed by atoms with Crippen LogP contribution in [-0.4, -0.2) is 37.1 Å². The number of rotatable bonds is 4. The lowest BCUT2D eigenvalue weighted by Crippen LogP contribution is -2.09. The number of esters is 1. The van der Waals surface area contributed by atoms with Gasteiger partial charge >= 0.3 is 5.97 Å². The first-order chi connectivity index (χ1) is 11.4. The van der Waals surface area contributed by atoms with Crippen molar-refractivity contribution in [2.24, 2.45) is 7.05 Å². The van der Waals surface area contributed by atoms with Gasteiger partial charge in [0.1, 0.15) is 3.70 Å². The van der Waals surface area contributed by atoms with E-state index in [-0.39, 0.29) is 12.4 Å². The average molecular weight is 439 g/mol. The first-order valence-electron chi connectivity index (χ1n) is 7.61. The van der Waals surface area contributed by atoms with Crippen LogP contribution in [0.15, 0.2) is 12.3 Å². The molecule has 0 unspecified atom stereocenters. The second-order valence-corrected chi connectivity index (χ2v) is 6.58. The molecule has 24 heavy (non-hydrogen) atoms. The van der Waals surface area contributed by atoms with Crippen molar-refractivity contribution in [2.45, 2.75) is 27.2 Å². The lowest BCUT2D eigenvalue weighted by molar-refractivity contribution is -0.142. The van der Waals surface area contributed by atoms with Gasteiger partial charge in [-0.2, -0.15) is 10.2 Å². The maximum absolute atomic E-state index is 11.8. The lowest BCUT2D eigenvalue weighted by Gasteiger charge is -2.08. The highest BCUT2D eigenvalue weighted by Crippen LogP contribution is 2.24.